The Morgan fingerprint density at radius 1 is 0.344 bits per heavy atom. The first kappa shape index (κ1) is 86.0. The average Bonchev–Trinajstić information content (AvgIpc) is 0.802. The lowest BCUT2D eigenvalue weighted by molar-refractivity contribution is -0.379. The molecule has 12 N–H and O–H groups in total. The minimum atomic E-state index is -1.97. The van der Waals surface area contributed by atoms with Crippen LogP contribution in [0.4, 0.5) is 0 Å². The van der Waals surface area contributed by atoms with Crippen LogP contribution >= 0.6 is 0 Å². The van der Waals surface area contributed by atoms with Crippen LogP contribution in [0.1, 0.15) is 335 Å². The summed E-state index contributed by atoms with van der Waals surface area (Å²) in [4.78, 5) is 13.4. The lowest BCUT2D eigenvalue weighted by atomic mass is 9.96. The highest BCUT2D eigenvalue weighted by molar-refractivity contribution is 5.76. The van der Waals surface area contributed by atoms with Crippen LogP contribution in [0.5, 0.6) is 0 Å². The normalized spacial score (nSPS) is 27.4. The van der Waals surface area contributed by atoms with Crippen molar-refractivity contribution >= 4 is 5.91 Å². The molecule has 0 aliphatic carbocycles. The second-order valence-corrected chi connectivity index (χ2v) is 28.2. The van der Waals surface area contributed by atoms with Crippen molar-refractivity contribution in [2.24, 2.45) is 0 Å². The molecule has 3 fully saturated rings. The molecule has 0 radical (unpaired) electrons. The maximum absolute atomic E-state index is 13.4. The summed E-state index contributed by atoms with van der Waals surface area (Å²) in [6.45, 7) is 1.82. The molecule has 3 rings (SSSR count). The Kier molecular flexibility index (Phi) is 52.3. The molecule has 3 aliphatic heterocycles. The van der Waals surface area contributed by atoms with Crippen molar-refractivity contribution in [1.29, 1.82) is 0 Å². The van der Waals surface area contributed by atoms with E-state index in [2.05, 4.69) is 19.2 Å². The van der Waals surface area contributed by atoms with E-state index in [0.29, 0.717) is 12.8 Å². The summed E-state index contributed by atoms with van der Waals surface area (Å²) >= 11 is 0. The molecule has 93 heavy (non-hydrogen) atoms. The molecule has 17 unspecified atom stereocenters. The standard InChI is InChI=1S/C74H143NO18/c1-3-5-7-9-11-13-15-16-17-18-19-20-21-22-23-24-25-26-27-28-29-30-31-32-33-34-35-36-37-38-39-40-41-42-44-46-48-50-52-62(80)75-57(58(79)51-49-47-45-43-14-12-10-8-6-4-2)56-88-72-68(86)65(83)70(60(54-77)90-72)93-74-69(87)66(84)71(61(55-78)91-74)92-73-67(85)64(82)63(81)59(53-76)89-73/h57-61,63-74,76-79,81-87H,3-56H2,1-2H3,(H,75,80). The molecule has 0 aromatic rings. The highest BCUT2D eigenvalue weighted by Crippen LogP contribution is 2.33. The summed E-state index contributed by atoms with van der Waals surface area (Å²) in [6, 6.07) is -0.880. The van der Waals surface area contributed by atoms with Crippen LogP contribution in [0.25, 0.3) is 0 Å². The Labute approximate surface area is 563 Å². The third-order valence-electron chi connectivity index (χ3n) is 19.9. The molecule has 3 heterocycles. The molecule has 3 saturated heterocycles. The number of unbranched alkanes of at least 4 members (excludes halogenated alkanes) is 46. The van der Waals surface area contributed by atoms with Gasteiger partial charge in [-0.2, -0.15) is 0 Å². The Balaban J connectivity index is 1.25. The van der Waals surface area contributed by atoms with Crippen molar-refractivity contribution in [3.63, 3.8) is 0 Å². The van der Waals surface area contributed by atoms with E-state index in [-0.39, 0.29) is 18.9 Å². The Hall–Kier alpha value is -1.21. The minimum absolute atomic E-state index is 0.237. The van der Waals surface area contributed by atoms with E-state index < -0.39 is 124 Å². The van der Waals surface area contributed by atoms with Gasteiger partial charge in [0.1, 0.15) is 73.2 Å². The van der Waals surface area contributed by atoms with E-state index in [1.54, 1.807) is 0 Å². The van der Waals surface area contributed by atoms with Gasteiger partial charge in [0.2, 0.25) is 5.91 Å². The van der Waals surface area contributed by atoms with Crippen LogP contribution in [0.3, 0.4) is 0 Å². The van der Waals surface area contributed by atoms with Crippen LogP contribution in [0.15, 0.2) is 0 Å². The zero-order valence-electron chi connectivity index (χ0n) is 58.8. The van der Waals surface area contributed by atoms with Crippen LogP contribution < -0.4 is 5.32 Å². The number of aliphatic hydroxyl groups is 11. The van der Waals surface area contributed by atoms with Crippen LogP contribution in [-0.2, 0) is 33.2 Å². The smallest absolute Gasteiger partial charge is 0.220 e. The fourth-order valence-corrected chi connectivity index (χ4v) is 13.7. The molecule has 0 bridgehead atoms. The number of carbonyl (C=O) groups is 1. The molecule has 3 aliphatic rings. The molecule has 0 saturated carbocycles. The van der Waals surface area contributed by atoms with E-state index in [0.717, 1.165) is 44.9 Å². The molecule has 17 atom stereocenters. The van der Waals surface area contributed by atoms with Crippen molar-refractivity contribution in [3.8, 4) is 0 Å². The predicted molar refractivity (Wildman–Crippen MR) is 365 cm³/mol. The third kappa shape index (κ3) is 37.7. The van der Waals surface area contributed by atoms with Gasteiger partial charge in [-0.25, -0.2) is 0 Å². The van der Waals surface area contributed by atoms with Crippen LogP contribution in [-0.4, -0.2) is 193 Å². The Morgan fingerprint density at radius 3 is 0.935 bits per heavy atom. The third-order valence-corrected chi connectivity index (χ3v) is 19.9. The SMILES string of the molecule is CCCCCCCCCCCCCCCCCCCCCCCCCCCCCCCCCCCCCCCCC(=O)NC(COC1OC(CO)C(OC2OC(CO)C(OC3OC(CO)C(O)C(O)C3O)C(O)C2O)C(O)C1O)C(O)CCCCCCCCCCCC. The lowest BCUT2D eigenvalue weighted by Crippen LogP contribution is -2.66. The van der Waals surface area contributed by atoms with Gasteiger partial charge in [0.05, 0.1) is 38.6 Å². The molecule has 19 heteroatoms. The number of hydrogen-bond donors (Lipinski definition) is 12. The summed E-state index contributed by atoms with van der Waals surface area (Å²) in [5.41, 5.74) is 0. The minimum Gasteiger partial charge on any atom is -0.394 e. The maximum atomic E-state index is 13.4. The summed E-state index contributed by atoms with van der Waals surface area (Å²) in [5.74, 6) is -0.237. The van der Waals surface area contributed by atoms with Gasteiger partial charge in [0.15, 0.2) is 18.9 Å². The Morgan fingerprint density at radius 2 is 0.613 bits per heavy atom. The molecular formula is C74H143NO18. The summed E-state index contributed by atoms with van der Waals surface area (Å²) < 4.78 is 34.4. The first-order valence-corrected chi connectivity index (χ1v) is 38.8. The highest BCUT2D eigenvalue weighted by Gasteiger charge is 2.54. The summed E-state index contributed by atoms with van der Waals surface area (Å²) in [7, 11) is 0. The topological polar surface area (TPSA) is 307 Å². The summed E-state index contributed by atoms with van der Waals surface area (Å²) in [5, 5.41) is 120. The van der Waals surface area contributed by atoms with E-state index in [9.17, 15) is 61.0 Å². The largest absolute Gasteiger partial charge is 0.394 e. The van der Waals surface area contributed by atoms with Gasteiger partial charge >= 0.3 is 0 Å². The molecule has 19 nitrogen and oxygen atoms in total. The van der Waals surface area contributed by atoms with Crippen LogP contribution in [0.2, 0.25) is 0 Å². The lowest BCUT2D eigenvalue weighted by Gasteiger charge is -2.48. The average molecular weight is 1330 g/mol. The van der Waals surface area contributed by atoms with E-state index in [1.165, 1.54) is 257 Å². The molecule has 552 valence electrons. The fourth-order valence-electron chi connectivity index (χ4n) is 13.7. The predicted octanol–water partition coefficient (Wildman–Crippen LogP) is 11.8. The fraction of sp³-hybridized carbons (Fsp3) is 0.986. The number of rotatable bonds is 62. The highest BCUT2D eigenvalue weighted by atomic mass is 16.8. The first-order chi connectivity index (χ1) is 45.3. The van der Waals surface area contributed by atoms with Crippen molar-refractivity contribution in [2.45, 2.75) is 439 Å². The van der Waals surface area contributed by atoms with Crippen LogP contribution in [0, 0.1) is 0 Å². The number of amides is 1. The quantitative estimate of drug-likeness (QED) is 0.0252. The van der Waals surface area contributed by atoms with Crippen molar-refractivity contribution in [1.82, 2.24) is 5.32 Å². The zero-order valence-corrected chi connectivity index (χ0v) is 58.8. The van der Waals surface area contributed by atoms with Gasteiger partial charge < -0.3 is 89.9 Å². The van der Waals surface area contributed by atoms with E-state index >= 15 is 0 Å². The maximum Gasteiger partial charge on any atom is 0.220 e. The van der Waals surface area contributed by atoms with Gasteiger partial charge in [-0.1, -0.05) is 316 Å². The van der Waals surface area contributed by atoms with Crippen molar-refractivity contribution in [3.05, 3.63) is 0 Å². The van der Waals surface area contributed by atoms with Gasteiger partial charge in [0, 0.05) is 6.42 Å². The second kappa shape index (κ2) is 56.5. The summed E-state index contributed by atoms with van der Waals surface area (Å²) in [6.07, 6.45) is 36.9. The monoisotopic (exact) mass is 1330 g/mol. The van der Waals surface area contributed by atoms with Gasteiger partial charge in [-0.05, 0) is 12.8 Å². The van der Waals surface area contributed by atoms with Crippen molar-refractivity contribution < 1.29 is 89.4 Å². The number of nitrogens with one attached hydrogen (secondary N) is 1. The number of ether oxygens (including phenoxy) is 6. The van der Waals surface area contributed by atoms with E-state index in [4.69, 9.17) is 28.4 Å². The van der Waals surface area contributed by atoms with Gasteiger partial charge in [-0.15, -0.1) is 0 Å². The molecule has 1 amide bonds. The first-order valence-electron chi connectivity index (χ1n) is 38.8. The molecule has 0 aromatic carbocycles. The molecular weight excluding hydrogens is 1190 g/mol. The number of hydrogen-bond acceptors (Lipinski definition) is 18. The van der Waals surface area contributed by atoms with E-state index in [1.807, 2.05) is 0 Å². The molecule has 0 aromatic heterocycles. The molecule has 0 spiro atoms. The van der Waals surface area contributed by atoms with Gasteiger partial charge in [0.25, 0.3) is 0 Å². The number of carbonyl (C=O) groups excluding carboxylic acids is 1. The number of aliphatic hydroxyl groups excluding tert-OH is 11. The second-order valence-electron chi connectivity index (χ2n) is 28.2. The van der Waals surface area contributed by atoms with Crippen molar-refractivity contribution in [2.75, 3.05) is 26.4 Å². The van der Waals surface area contributed by atoms with Gasteiger partial charge in [-0.3, -0.25) is 4.79 Å². The zero-order chi connectivity index (χ0) is 67.5. The Bertz CT molecular complexity index is 1690.